The molecule has 8 nitrogen and oxygen atoms in total. The Kier molecular flexibility index (Phi) is 3.47. The largest absolute Gasteiger partial charge is 0.394 e. The zero-order chi connectivity index (χ0) is 15.1. The number of nitrogens with zero attached hydrogens (tertiary/aromatic N) is 5. The molecule has 0 amide bonds. The molecule has 114 valence electrons. The van der Waals surface area contributed by atoms with Gasteiger partial charge in [0.2, 0.25) is 0 Å². The fourth-order valence-corrected chi connectivity index (χ4v) is 2.43. The summed E-state index contributed by atoms with van der Waals surface area (Å²) < 4.78 is 21.0. The van der Waals surface area contributed by atoms with Gasteiger partial charge in [-0.05, 0) is 0 Å². The molecule has 9 heteroatoms. The number of rotatable bonds is 3. The molecule has 0 radical (unpaired) electrons. The van der Waals surface area contributed by atoms with Gasteiger partial charge in [0.1, 0.15) is 18.5 Å². The van der Waals surface area contributed by atoms with Crippen molar-refractivity contribution in [1.82, 2.24) is 19.5 Å². The smallest absolute Gasteiger partial charge is 0.173 e. The van der Waals surface area contributed by atoms with Gasteiger partial charge in [-0.25, -0.2) is 19.3 Å². The molecule has 0 bridgehead atoms. The normalized spacial score (nSPS) is 29.2. The van der Waals surface area contributed by atoms with Crippen LogP contribution in [0.5, 0.6) is 0 Å². The Morgan fingerprint density at radius 1 is 1.38 bits per heavy atom. The van der Waals surface area contributed by atoms with Crippen molar-refractivity contribution in [3.05, 3.63) is 12.7 Å². The van der Waals surface area contributed by atoms with Crippen LogP contribution in [0.15, 0.2) is 12.7 Å². The van der Waals surface area contributed by atoms with Crippen molar-refractivity contribution in [2.45, 2.75) is 24.6 Å². The summed E-state index contributed by atoms with van der Waals surface area (Å²) in [6.45, 7) is -0.456. The van der Waals surface area contributed by atoms with E-state index in [2.05, 4.69) is 15.0 Å². The maximum atomic E-state index is 14.2. The molecule has 2 aromatic heterocycles. The predicted molar refractivity (Wildman–Crippen MR) is 71.5 cm³/mol. The molecule has 0 aliphatic carbocycles. The van der Waals surface area contributed by atoms with E-state index in [1.54, 1.807) is 4.90 Å². The highest BCUT2D eigenvalue weighted by Gasteiger charge is 2.45. The lowest BCUT2D eigenvalue weighted by Crippen LogP contribution is -2.30. The number of hydrogen-bond donors (Lipinski definition) is 2. The molecule has 2 N–H and O–H groups in total. The fraction of sp³-hybridized carbons (Fsp3) is 0.583. The second kappa shape index (κ2) is 5.17. The lowest BCUT2D eigenvalue weighted by Gasteiger charge is -2.15. The van der Waals surface area contributed by atoms with E-state index in [-0.39, 0.29) is 0 Å². The minimum absolute atomic E-state index is 0.409. The Bertz CT molecular complexity index is 649. The lowest BCUT2D eigenvalue weighted by molar-refractivity contribution is -0.0459. The Hall–Kier alpha value is -1.84. The highest BCUT2D eigenvalue weighted by molar-refractivity contribution is 5.83. The molecule has 21 heavy (non-hydrogen) atoms. The first-order valence-electron chi connectivity index (χ1n) is 6.48. The number of aliphatic hydroxyl groups is 2. The van der Waals surface area contributed by atoms with Crippen molar-refractivity contribution < 1.29 is 19.3 Å². The summed E-state index contributed by atoms with van der Waals surface area (Å²) in [6, 6.07) is 0. The quantitative estimate of drug-likeness (QED) is 0.787. The van der Waals surface area contributed by atoms with Crippen molar-refractivity contribution in [3.8, 4) is 0 Å². The standard InChI is InChI=1S/C12H16FN5O3/c1-17(2)10-8-11(15-4-14-10)18(5-16-8)12-7(13)9(20)6(3-19)21-12/h4-7,9,12,19-20H,3H2,1-2H3/t6-,7-,9-,12-/m1/s1. The van der Waals surface area contributed by atoms with Crippen molar-refractivity contribution >= 4 is 17.0 Å². The maximum absolute atomic E-state index is 14.2. The molecule has 1 aliphatic rings. The SMILES string of the molecule is CN(C)c1ncnc2c1ncn2[C@@H]1O[C@H](CO)[C@@H](O)[C@H]1F. The summed E-state index contributed by atoms with van der Waals surface area (Å²) in [7, 11) is 3.63. The summed E-state index contributed by atoms with van der Waals surface area (Å²) in [5.41, 5.74) is 0.923. The first-order valence-corrected chi connectivity index (χ1v) is 6.48. The van der Waals surface area contributed by atoms with E-state index in [0.29, 0.717) is 17.0 Å². The van der Waals surface area contributed by atoms with Crippen molar-refractivity contribution in [3.63, 3.8) is 0 Å². The van der Waals surface area contributed by atoms with E-state index >= 15 is 0 Å². The number of aromatic nitrogens is 4. The Labute approximate surface area is 119 Å². The molecule has 3 rings (SSSR count). The van der Waals surface area contributed by atoms with Gasteiger partial charge in [-0.15, -0.1) is 0 Å². The number of aliphatic hydroxyl groups excluding tert-OH is 2. The number of anilines is 1. The van der Waals surface area contributed by atoms with Crippen LogP contribution in [0.3, 0.4) is 0 Å². The van der Waals surface area contributed by atoms with Crippen LogP contribution in [0.2, 0.25) is 0 Å². The maximum Gasteiger partial charge on any atom is 0.173 e. The predicted octanol–water partition coefficient (Wildman–Crippen LogP) is -0.519. The Balaban J connectivity index is 2.04. The summed E-state index contributed by atoms with van der Waals surface area (Å²) >= 11 is 0. The molecule has 3 heterocycles. The van der Waals surface area contributed by atoms with E-state index in [4.69, 9.17) is 9.84 Å². The topological polar surface area (TPSA) is 96.5 Å². The Morgan fingerprint density at radius 3 is 2.76 bits per heavy atom. The van der Waals surface area contributed by atoms with Gasteiger partial charge in [0.25, 0.3) is 0 Å². The molecule has 1 saturated heterocycles. The molecule has 4 atom stereocenters. The number of imidazole rings is 1. The molecule has 0 unspecified atom stereocenters. The van der Waals surface area contributed by atoms with Crippen molar-refractivity contribution in [1.29, 1.82) is 0 Å². The van der Waals surface area contributed by atoms with Crippen LogP contribution in [-0.4, -0.2) is 68.8 Å². The van der Waals surface area contributed by atoms with E-state index in [1.807, 2.05) is 14.1 Å². The number of alkyl halides is 1. The number of hydrogen-bond acceptors (Lipinski definition) is 7. The van der Waals surface area contributed by atoms with Gasteiger partial charge in [-0.1, -0.05) is 0 Å². The average Bonchev–Trinajstić information content (AvgIpc) is 3.01. The van der Waals surface area contributed by atoms with E-state index in [1.165, 1.54) is 17.2 Å². The zero-order valence-corrected chi connectivity index (χ0v) is 11.6. The van der Waals surface area contributed by atoms with Gasteiger partial charge in [-0.3, -0.25) is 4.57 Å². The van der Waals surface area contributed by atoms with Crippen LogP contribution in [0.25, 0.3) is 11.2 Å². The first kappa shape index (κ1) is 14.1. The van der Waals surface area contributed by atoms with Crippen LogP contribution >= 0.6 is 0 Å². The monoisotopic (exact) mass is 297 g/mol. The first-order chi connectivity index (χ1) is 10.0. The second-order valence-corrected chi connectivity index (χ2v) is 5.10. The summed E-state index contributed by atoms with van der Waals surface area (Å²) in [5.74, 6) is 0.603. The third-order valence-electron chi connectivity index (χ3n) is 3.51. The molecule has 0 saturated carbocycles. The van der Waals surface area contributed by atoms with Crippen LogP contribution in [-0.2, 0) is 4.74 Å². The van der Waals surface area contributed by atoms with Crippen LogP contribution in [0, 0.1) is 0 Å². The highest BCUT2D eigenvalue weighted by Crippen LogP contribution is 2.34. The summed E-state index contributed by atoms with van der Waals surface area (Å²) in [6.07, 6.45) is -2.33. The van der Waals surface area contributed by atoms with E-state index in [0.717, 1.165) is 0 Å². The number of fused-ring (bicyclic) bond motifs is 1. The molecule has 2 aromatic rings. The molecule has 1 aliphatic heterocycles. The molecular formula is C12H16FN5O3. The van der Waals surface area contributed by atoms with Crippen LogP contribution < -0.4 is 4.90 Å². The highest BCUT2D eigenvalue weighted by atomic mass is 19.1. The summed E-state index contributed by atoms with van der Waals surface area (Å²) in [4.78, 5) is 14.2. The minimum atomic E-state index is -1.67. The van der Waals surface area contributed by atoms with Crippen LogP contribution in [0.1, 0.15) is 6.23 Å². The zero-order valence-electron chi connectivity index (χ0n) is 11.6. The van der Waals surface area contributed by atoms with Crippen molar-refractivity contribution in [2.75, 3.05) is 25.6 Å². The molecule has 1 fully saturated rings. The summed E-state index contributed by atoms with van der Waals surface area (Å²) in [5, 5.41) is 18.8. The fourth-order valence-electron chi connectivity index (χ4n) is 2.43. The van der Waals surface area contributed by atoms with Crippen LogP contribution in [0.4, 0.5) is 10.2 Å². The van der Waals surface area contributed by atoms with Gasteiger partial charge in [-0.2, -0.15) is 0 Å². The Morgan fingerprint density at radius 2 is 2.14 bits per heavy atom. The van der Waals surface area contributed by atoms with Gasteiger partial charge in [0.05, 0.1) is 12.9 Å². The third kappa shape index (κ3) is 2.13. The molecular weight excluding hydrogens is 281 g/mol. The number of halogens is 1. The molecule has 0 aromatic carbocycles. The van der Waals surface area contributed by atoms with Gasteiger partial charge in [0, 0.05) is 14.1 Å². The number of ether oxygens (including phenoxy) is 1. The van der Waals surface area contributed by atoms with Gasteiger partial charge < -0.3 is 19.8 Å². The van der Waals surface area contributed by atoms with Crippen molar-refractivity contribution in [2.24, 2.45) is 0 Å². The second-order valence-electron chi connectivity index (χ2n) is 5.10. The molecule has 0 spiro atoms. The average molecular weight is 297 g/mol. The minimum Gasteiger partial charge on any atom is -0.394 e. The van der Waals surface area contributed by atoms with E-state index < -0.39 is 31.2 Å². The lowest BCUT2D eigenvalue weighted by atomic mass is 10.1. The van der Waals surface area contributed by atoms with Gasteiger partial charge >= 0.3 is 0 Å². The van der Waals surface area contributed by atoms with E-state index in [9.17, 15) is 9.50 Å². The third-order valence-corrected chi connectivity index (χ3v) is 3.51. The van der Waals surface area contributed by atoms with Gasteiger partial charge in [0.15, 0.2) is 29.4 Å².